The zero-order valence-corrected chi connectivity index (χ0v) is 17.0. The molecule has 144 valence electrons. The number of allylic oxidation sites excluding steroid dienone is 1. The standard InChI is InChI=1S/C20H30N2O3S/c1-15-12-16(2)14-19(13-15)22(26(4,24)25)17(3)20(23)21-11-10-18-8-6-5-7-9-18/h8,12-14,17H,5-7,9-11H2,1-4H3,(H,21,23)/t17-/m1/s1. The third-order valence-corrected chi connectivity index (χ3v) is 5.92. The summed E-state index contributed by atoms with van der Waals surface area (Å²) in [6.07, 6.45) is 8.91. The molecule has 1 aliphatic carbocycles. The molecule has 0 bridgehead atoms. The Labute approximate surface area is 157 Å². The average molecular weight is 379 g/mol. The number of sulfonamides is 1. The van der Waals surface area contributed by atoms with Gasteiger partial charge in [-0.15, -0.1) is 0 Å². The van der Waals surface area contributed by atoms with Crippen molar-refractivity contribution in [1.82, 2.24) is 5.32 Å². The van der Waals surface area contributed by atoms with Gasteiger partial charge in [0.2, 0.25) is 15.9 Å². The Morgan fingerprint density at radius 3 is 2.38 bits per heavy atom. The third-order valence-electron chi connectivity index (χ3n) is 4.68. The normalized spacial score (nSPS) is 15.9. The molecule has 6 heteroatoms. The first-order valence-corrected chi connectivity index (χ1v) is 11.1. The van der Waals surface area contributed by atoms with Gasteiger partial charge in [-0.25, -0.2) is 8.42 Å². The lowest BCUT2D eigenvalue weighted by Gasteiger charge is -2.29. The molecular formula is C20H30N2O3S. The summed E-state index contributed by atoms with van der Waals surface area (Å²) >= 11 is 0. The van der Waals surface area contributed by atoms with Crippen LogP contribution in [0.25, 0.3) is 0 Å². The maximum Gasteiger partial charge on any atom is 0.243 e. The molecule has 0 aliphatic heterocycles. The van der Waals surface area contributed by atoms with Crippen LogP contribution in [0, 0.1) is 13.8 Å². The molecule has 2 rings (SSSR count). The van der Waals surface area contributed by atoms with Gasteiger partial charge in [-0.2, -0.15) is 0 Å². The van der Waals surface area contributed by atoms with Crippen molar-refractivity contribution in [2.24, 2.45) is 0 Å². The van der Waals surface area contributed by atoms with Gasteiger partial charge in [0.1, 0.15) is 6.04 Å². The first-order valence-electron chi connectivity index (χ1n) is 9.22. The Hall–Kier alpha value is -1.82. The highest BCUT2D eigenvalue weighted by Crippen LogP contribution is 2.24. The van der Waals surface area contributed by atoms with Gasteiger partial charge < -0.3 is 5.32 Å². The van der Waals surface area contributed by atoms with E-state index in [0.717, 1.165) is 36.6 Å². The van der Waals surface area contributed by atoms with Gasteiger partial charge in [-0.3, -0.25) is 9.10 Å². The second-order valence-electron chi connectivity index (χ2n) is 7.23. The lowest BCUT2D eigenvalue weighted by Crippen LogP contribution is -2.48. The number of aryl methyl sites for hydroxylation is 2. The molecule has 26 heavy (non-hydrogen) atoms. The van der Waals surface area contributed by atoms with Crippen molar-refractivity contribution >= 4 is 21.6 Å². The van der Waals surface area contributed by atoms with Gasteiger partial charge in [0.25, 0.3) is 0 Å². The molecule has 1 amide bonds. The van der Waals surface area contributed by atoms with Crippen molar-refractivity contribution in [1.29, 1.82) is 0 Å². The van der Waals surface area contributed by atoms with Crippen LogP contribution < -0.4 is 9.62 Å². The molecule has 0 fully saturated rings. The SMILES string of the molecule is Cc1cc(C)cc(N([C@H](C)C(=O)NCCC2=CCCCC2)S(C)(=O)=O)c1. The molecule has 0 spiro atoms. The summed E-state index contributed by atoms with van der Waals surface area (Å²) in [5.41, 5.74) is 3.84. The third kappa shape index (κ3) is 5.59. The first-order chi connectivity index (χ1) is 12.2. The Balaban J connectivity index is 2.09. The summed E-state index contributed by atoms with van der Waals surface area (Å²) < 4.78 is 25.9. The Kier molecular flexibility index (Phi) is 6.87. The number of hydrogen-bond acceptors (Lipinski definition) is 3. The van der Waals surface area contributed by atoms with Crippen LogP contribution in [0.3, 0.4) is 0 Å². The molecule has 0 saturated heterocycles. The summed E-state index contributed by atoms with van der Waals surface area (Å²) in [4.78, 5) is 12.6. The predicted octanol–water partition coefficient (Wildman–Crippen LogP) is 3.46. The zero-order chi connectivity index (χ0) is 19.3. The highest BCUT2D eigenvalue weighted by molar-refractivity contribution is 7.92. The second kappa shape index (κ2) is 8.71. The van der Waals surface area contributed by atoms with Crippen LogP contribution in [0.15, 0.2) is 29.8 Å². The van der Waals surface area contributed by atoms with Crippen LogP contribution in [-0.4, -0.2) is 33.2 Å². The van der Waals surface area contributed by atoms with E-state index in [4.69, 9.17) is 0 Å². The van der Waals surface area contributed by atoms with Gasteiger partial charge in [0.15, 0.2) is 0 Å². The Morgan fingerprint density at radius 2 is 1.85 bits per heavy atom. The predicted molar refractivity (Wildman–Crippen MR) is 107 cm³/mol. The van der Waals surface area contributed by atoms with Crippen molar-refractivity contribution < 1.29 is 13.2 Å². The van der Waals surface area contributed by atoms with Crippen LogP contribution in [0.4, 0.5) is 5.69 Å². The number of hydrogen-bond donors (Lipinski definition) is 1. The smallest absolute Gasteiger partial charge is 0.243 e. The monoisotopic (exact) mass is 378 g/mol. The fraction of sp³-hybridized carbons (Fsp3) is 0.550. The number of carbonyl (C=O) groups excluding carboxylic acids is 1. The maximum absolute atomic E-state index is 12.6. The summed E-state index contributed by atoms with van der Waals surface area (Å²) in [7, 11) is -3.58. The summed E-state index contributed by atoms with van der Waals surface area (Å²) in [5, 5.41) is 2.90. The van der Waals surface area contributed by atoms with Crippen molar-refractivity contribution in [3.8, 4) is 0 Å². The van der Waals surface area contributed by atoms with E-state index in [0.29, 0.717) is 12.2 Å². The molecule has 1 N–H and O–H groups in total. The summed E-state index contributed by atoms with van der Waals surface area (Å²) in [6, 6.07) is 4.77. The van der Waals surface area contributed by atoms with Crippen LogP contribution in [0.1, 0.15) is 50.2 Å². The molecule has 0 heterocycles. The lowest BCUT2D eigenvalue weighted by atomic mass is 9.97. The molecule has 0 radical (unpaired) electrons. The number of nitrogens with zero attached hydrogens (tertiary/aromatic N) is 1. The number of rotatable bonds is 7. The Morgan fingerprint density at radius 1 is 1.19 bits per heavy atom. The first kappa shape index (κ1) is 20.5. The Bertz CT molecular complexity index is 764. The van der Waals surface area contributed by atoms with Crippen molar-refractivity contribution in [3.05, 3.63) is 41.0 Å². The molecule has 0 unspecified atom stereocenters. The van der Waals surface area contributed by atoms with Crippen molar-refractivity contribution in [2.75, 3.05) is 17.1 Å². The maximum atomic E-state index is 12.6. The largest absolute Gasteiger partial charge is 0.354 e. The average Bonchev–Trinajstić information content (AvgIpc) is 2.53. The molecule has 1 atom stereocenters. The fourth-order valence-electron chi connectivity index (χ4n) is 3.51. The van der Waals surface area contributed by atoms with Gasteiger partial charge in [0.05, 0.1) is 11.9 Å². The number of amides is 1. The number of benzene rings is 1. The lowest BCUT2D eigenvalue weighted by molar-refractivity contribution is -0.121. The second-order valence-corrected chi connectivity index (χ2v) is 9.09. The number of nitrogens with one attached hydrogen (secondary N) is 1. The van der Waals surface area contributed by atoms with Gasteiger partial charge in [-0.05, 0) is 76.1 Å². The van der Waals surface area contributed by atoms with Gasteiger partial charge in [-0.1, -0.05) is 17.7 Å². The van der Waals surface area contributed by atoms with Crippen LogP contribution in [0.5, 0.6) is 0 Å². The van der Waals surface area contributed by atoms with Crippen LogP contribution in [-0.2, 0) is 14.8 Å². The highest BCUT2D eigenvalue weighted by atomic mass is 32.2. The van der Waals surface area contributed by atoms with Gasteiger partial charge in [0, 0.05) is 6.54 Å². The van der Waals surface area contributed by atoms with E-state index >= 15 is 0 Å². The summed E-state index contributed by atoms with van der Waals surface area (Å²) in [6.45, 7) is 6.01. The van der Waals surface area contributed by atoms with Crippen molar-refractivity contribution in [3.63, 3.8) is 0 Å². The fourth-order valence-corrected chi connectivity index (χ4v) is 4.67. The number of anilines is 1. The van der Waals surface area contributed by atoms with E-state index in [9.17, 15) is 13.2 Å². The minimum atomic E-state index is -3.58. The van der Waals surface area contributed by atoms with Crippen LogP contribution >= 0.6 is 0 Å². The molecule has 5 nitrogen and oxygen atoms in total. The number of carbonyl (C=O) groups is 1. The van der Waals surface area contributed by atoms with Crippen molar-refractivity contribution in [2.45, 2.75) is 58.9 Å². The van der Waals surface area contributed by atoms with E-state index in [2.05, 4.69) is 11.4 Å². The molecule has 0 saturated carbocycles. The van der Waals surface area contributed by atoms with E-state index in [1.54, 1.807) is 19.1 Å². The highest BCUT2D eigenvalue weighted by Gasteiger charge is 2.29. The van der Waals surface area contributed by atoms with E-state index in [1.807, 2.05) is 19.9 Å². The minimum absolute atomic E-state index is 0.272. The van der Waals surface area contributed by atoms with E-state index in [1.165, 1.54) is 22.7 Å². The molecule has 0 aromatic heterocycles. The van der Waals surface area contributed by atoms with Crippen LogP contribution in [0.2, 0.25) is 0 Å². The zero-order valence-electron chi connectivity index (χ0n) is 16.2. The molecule has 1 aromatic carbocycles. The van der Waals surface area contributed by atoms with E-state index < -0.39 is 16.1 Å². The summed E-state index contributed by atoms with van der Waals surface area (Å²) in [5.74, 6) is -0.272. The van der Waals surface area contributed by atoms with Gasteiger partial charge >= 0.3 is 0 Å². The molecule has 1 aromatic rings. The molecule has 1 aliphatic rings. The minimum Gasteiger partial charge on any atom is -0.354 e. The quantitative estimate of drug-likeness (QED) is 0.739. The topological polar surface area (TPSA) is 66.5 Å². The molecular weight excluding hydrogens is 348 g/mol. The van der Waals surface area contributed by atoms with E-state index in [-0.39, 0.29) is 5.91 Å².